The molecule has 0 aromatic heterocycles. The molecule has 1 fully saturated rings. The van der Waals surface area contributed by atoms with E-state index in [0.717, 1.165) is 31.6 Å². The van der Waals surface area contributed by atoms with Crippen LogP contribution in [0.3, 0.4) is 0 Å². The van der Waals surface area contributed by atoms with Gasteiger partial charge in [-0.05, 0) is 31.9 Å². The lowest BCUT2D eigenvalue weighted by Crippen LogP contribution is -2.26. The number of Topliss-reactive ketones (excluding diaryl/α,β-unsaturated/α-hetero) is 1. The Labute approximate surface area is 101 Å². The molecule has 1 heterocycles. The summed E-state index contributed by atoms with van der Waals surface area (Å²) in [7, 11) is 0. The molecule has 0 atom stereocenters. The van der Waals surface area contributed by atoms with E-state index in [0.29, 0.717) is 0 Å². The first-order chi connectivity index (χ1) is 8.20. The highest BCUT2D eigenvalue weighted by atomic mass is 19.1. The third-order valence-electron chi connectivity index (χ3n) is 3.29. The Morgan fingerprint density at radius 1 is 1.18 bits per heavy atom. The molecule has 17 heavy (non-hydrogen) atoms. The monoisotopic (exact) mass is 235 g/mol. The standard InChI is InChI=1S/C14H18FNO/c1-11(17)14-12(15)7-6-8-13(14)16-9-4-2-3-5-10-16/h6-8H,2-5,9-10H2,1H3. The van der Waals surface area contributed by atoms with Crippen LogP contribution < -0.4 is 4.90 Å². The van der Waals surface area contributed by atoms with Crippen molar-refractivity contribution in [2.24, 2.45) is 0 Å². The van der Waals surface area contributed by atoms with E-state index in [1.165, 1.54) is 25.8 Å². The predicted molar refractivity (Wildman–Crippen MR) is 67.1 cm³/mol. The minimum atomic E-state index is -0.403. The molecule has 0 saturated carbocycles. The zero-order chi connectivity index (χ0) is 12.3. The molecule has 1 aliphatic heterocycles. The second kappa shape index (κ2) is 5.30. The smallest absolute Gasteiger partial charge is 0.164 e. The Kier molecular flexibility index (Phi) is 3.77. The first kappa shape index (κ1) is 12.1. The van der Waals surface area contributed by atoms with Gasteiger partial charge in [-0.1, -0.05) is 18.9 Å². The van der Waals surface area contributed by atoms with Crippen molar-refractivity contribution in [1.29, 1.82) is 0 Å². The largest absolute Gasteiger partial charge is 0.371 e. The molecule has 2 nitrogen and oxygen atoms in total. The Morgan fingerprint density at radius 3 is 2.41 bits per heavy atom. The van der Waals surface area contributed by atoms with Crippen LogP contribution in [-0.4, -0.2) is 18.9 Å². The van der Waals surface area contributed by atoms with E-state index in [9.17, 15) is 9.18 Å². The van der Waals surface area contributed by atoms with Crippen LogP contribution in [0, 0.1) is 5.82 Å². The highest BCUT2D eigenvalue weighted by Gasteiger charge is 2.18. The van der Waals surface area contributed by atoms with Crippen LogP contribution in [0.4, 0.5) is 10.1 Å². The summed E-state index contributed by atoms with van der Waals surface area (Å²) in [6.07, 6.45) is 4.68. The van der Waals surface area contributed by atoms with Crippen LogP contribution >= 0.6 is 0 Å². The molecule has 0 amide bonds. The molecule has 1 aliphatic rings. The number of carbonyl (C=O) groups excluding carboxylic acids is 1. The molecule has 1 aromatic rings. The van der Waals surface area contributed by atoms with Crippen LogP contribution in [0.2, 0.25) is 0 Å². The molecule has 0 bridgehead atoms. The summed E-state index contributed by atoms with van der Waals surface area (Å²) in [6, 6.07) is 4.89. The van der Waals surface area contributed by atoms with Crippen LogP contribution in [-0.2, 0) is 0 Å². The maximum absolute atomic E-state index is 13.7. The van der Waals surface area contributed by atoms with Crippen LogP contribution in [0.15, 0.2) is 18.2 Å². The van der Waals surface area contributed by atoms with Gasteiger partial charge < -0.3 is 4.90 Å². The minimum Gasteiger partial charge on any atom is -0.371 e. The Hall–Kier alpha value is -1.38. The van der Waals surface area contributed by atoms with Crippen molar-refractivity contribution >= 4 is 11.5 Å². The van der Waals surface area contributed by atoms with Crippen molar-refractivity contribution in [2.45, 2.75) is 32.6 Å². The number of rotatable bonds is 2. The molecule has 0 spiro atoms. The zero-order valence-electron chi connectivity index (χ0n) is 10.2. The average Bonchev–Trinajstić information content (AvgIpc) is 2.56. The van der Waals surface area contributed by atoms with Gasteiger partial charge in [-0.3, -0.25) is 4.79 Å². The summed E-state index contributed by atoms with van der Waals surface area (Å²) in [5, 5.41) is 0. The molecular formula is C14H18FNO. The number of nitrogens with zero attached hydrogens (tertiary/aromatic N) is 1. The van der Waals surface area contributed by atoms with Gasteiger partial charge in [-0.15, -0.1) is 0 Å². The van der Waals surface area contributed by atoms with E-state index in [1.54, 1.807) is 6.07 Å². The predicted octanol–water partition coefficient (Wildman–Crippen LogP) is 3.41. The number of hydrogen-bond acceptors (Lipinski definition) is 2. The van der Waals surface area contributed by atoms with Crippen LogP contribution in [0.5, 0.6) is 0 Å². The molecule has 92 valence electrons. The Bertz CT molecular complexity index is 409. The van der Waals surface area contributed by atoms with Crippen molar-refractivity contribution in [3.8, 4) is 0 Å². The van der Waals surface area contributed by atoms with E-state index < -0.39 is 5.82 Å². The van der Waals surface area contributed by atoms with E-state index in [2.05, 4.69) is 4.90 Å². The van der Waals surface area contributed by atoms with Gasteiger partial charge >= 0.3 is 0 Å². The molecule has 0 N–H and O–H groups in total. The van der Waals surface area contributed by atoms with Gasteiger partial charge in [0.25, 0.3) is 0 Å². The van der Waals surface area contributed by atoms with Crippen molar-refractivity contribution in [3.63, 3.8) is 0 Å². The maximum Gasteiger partial charge on any atom is 0.164 e. The molecular weight excluding hydrogens is 217 g/mol. The average molecular weight is 235 g/mol. The zero-order valence-corrected chi connectivity index (χ0v) is 10.2. The molecule has 1 aromatic carbocycles. The fourth-order valence-electron chi connectivity index (χ4n) is 2.44. The van der Waals surface area contributed by atoms with Gasteiger partial charge in [0.15, 0.2) is 5.78 Å². The molecule has 0 unspecified atom stereocenters. The number of ketones is 1. The quantitative estimate of drug-likeness (QED) is 0.732. The summed E-state index contributed by atoms with van der Waals surface area (Å²) in [5.41, 5.74) is 1.01. The van der Waals surface area contributed by atoms with Crippen molar-refractivity contribution in [2.75, 3.05) is 18.0 Å². The maximum atomic E-state index is 13.7. The molecule has 0 aliphatic carbocycles. The van der Waals surface area contributed by atoms with Gasteiger partial charge in [0, 0.05) is 13.1 Å². The van der Waals surface area contributed by atoms with E-state index in [-0.39, 0.29) is 11.3 Å². The molecule has 2 rings (SSSR count). The van der Waals surface area contributed by atoms with Gasteiger partial charge in [-0.25, -0.2) is 4.39 Å². The van der Waals surface area contributed by atoms with Gasteiger partial charge in [0.1, 0.15) is 5.82 Å². The highest BCUT2D eigenvalue weighted by Crippen LogP contribution is 2.26. The number of hydrogen-bond donors (Lipinski definition) is 0. The normalized spacial score (nSPS) is 16.7. The van der Waals surface area contributed by atoms with E-state index in [1.807, 2.05) is 6.07 Å². The molecule has 3 heteroatoms. The summed E-state index contributed by atoms with van der Waals surface area (Å²) in [4.78, 5) is 13.7. The molecule has 0 radical (unpaired) electrons. The van der Waals surface area contributed by atoms with Crippen LogP contribution in [0.25, 0.3) is 0 Å². The number of carbonyl (C=O) groups is 1. The highest BCUT2D eigenvalue weighted by molar-refractivity contribution is 6.00. The lowest BCUT2D eigenvalue weighted by atomic mass is 10.1. The Morgan fingerprint density at radius 2 is 1.82 bits per heavy atom. The number of halogens is 1. The SMILES string of the molecule is CC(=O)c1c(F)cccc1N1CCCCCC1. The summed E-state index contributed by atoms with van der Waals surface area (Å²) < 4.78 is 13.7. The fraction of sp³-hybridized carbons (Fsp3) is 0.500. The topological polar surface area (TPSA) is 20.3 Å². The van der Waals surface area contributed by atoms with Crippen LogP contribution in [0.1, 0.15) is 43.0 Å². The third-order valence-corrected chi connectivity index (χ3v) is 3.29. The fourth-order valence-corrected chi connectivity index (χ4v) is 2.44. The Balaban J connectivity index is 2.36. The summed E-state index contributed by atoms with van der Waals surface area (Å²) >= 11 is 0. The van der Waals surface area contributed by atoms with E-state index in [4.69, 9.17) is 0 Å². The van der Waals surface area contributed by atoms with Gasteiger partial charge in [0.05, 0.1) is 11.3 Å². The van der Waals surface area contributed by atoms with Crippen molar-refractivity contribution in [1.82, 2.24) is 0 Å². The summed E-state index contributed by atoms with van der Waals surface area (Å²) in [6.45, 7) is 3.27. The van der Waals surface area contributed by atoms with Crippen molar-refractivity contribution < 1.29 is 9.18 Å². The lowest BCUT2D eigenvalue weighted by molar-refractivity contribution is 0.101. The van der Waals surface area contributed by atoms with Gasteiger partial charge in [0.2, 0.25) is 0 Å². The van der Waals surface area contributed by atoms with E-state index >= 15 is 0 Å². The summed E-state index contributed by atoms with van der Waals surface area (Å²) in [5.74, 6) is -0.596. The first-order valence-corrected chi connectivity index (χ1v) is 6.24. The number of benzene rings is 1. The van der Waals surface area contributed by atoms with Crippen molar-refractivity contribution in [3.05, 3.63) is 29.6 Å². The second-order valence-corrected chi connectivity index (χ2v) is 4.59. The minimum absolute atomic E-state index is 0.192. The lowest BCUT2D eigenvalue weighted by Gasteiger charge is -2.24. The third kappa shape index (κ3) is 2.65. The second-order valence-electron chi connectivity index (χ2n) is 4.59. The molecule has 1 saturated heterocycles. The first-order valence-electron chi connectivity index (χ1n) is 6.24. The number of anilines is 1. The van der Waals surface area contributed by atoms with Gasteiger partial charge in [-0.2, -0.15) is 0 Å².